The maximum absolute atomic E-state index is 13.9. The Kier molecular flexibility index (Phi) is 3.33. The lowest BCUT2D eigenvalue weighted by molar-refractivity contribution is 0.627. The second kappa shape index (κ2) is 4.75. The minimum atomic E-state index is -0.548. The number of hydrogen-bond acceptors (Lipinski definition) is 1. The lowest BCUT2D eigenvalue weighted by Gasteiger charge is -2.05. The average Bonchev–Trinajstić information content (AvgIpc) is 2.33. The first-order valence-electron chi connectivity index (χ1n) is 4.77. The average molecular weight is 266 g/mol. The van der Waals surface area contributed by atoms with Crippen molar-refractivity contribution >= 4 is 23.2 Å². The monoisotopic (exact) mass is 265 g/mol. The molecule has 0 heterocycles. The SMILES string of the molecule is N#Cc1cccc(-c2ccc(Cl)c(Cl)c2)c1F. The van der Waals surface area contributed by atoms with Crippen molar-refractivity contribution < 1.29 is 4.39 Å². The van der Waals surface area contributed by atoms with Gasteiger partial charge in [-0.2, -0.15) is 5.26 Å². The van der Waals surface area contributed by atoms with E-state index in [1.165, 1.54) is 6.07 Å². The van der Waals surface area contributed by atoms with E-state index in [9.17, 15) is 4.39 Å². The Balaban J connectivity index is 2.61. The number of benzene rings is 2. The first kappa shape index (κ1) is 11.9. The van der Waals surface area contributed by atoms with Crippen LogP contribution in [0.5, 0.6) is 0 Å². The zero-order valence-electron chi connectivity index (χ0n) is 8.55. The van der Waals surface area contributed by atoms with Crippen LogP contribution in [0.2, 0.25) is 10.0 Å². The van der Waals surface area contributed by atoms with Crippen LogP contribution in [-0.4, -0.2) is 0 Å². The predicted octanol–water partition coefficient (Wildman–Crippen LogP) is 4.67. The minimum Gasteiger partial charge on any atom is -0.205 e. The molecule has 0 saturated carbocycles. The maximum Gasteiger partial charge on any atom is 0.148 e. The van der Waals surface area contributed by atoms with Gasteiger partial charge in [0.2, 0.25) is 0 Å². The number of hydrogen-bond donors (Lipinski definition) is 0. The van der Waals surface area contributed by atoms with E-state index in [1.54, 1.807) is 36.4 Å². The van der Waals surface area contributed by atoms with E-state index in [-0.39, 0.29) is 5.56 Å². The lowest BCUT2D eigenvalue weighted by Crippen LogP contribution is -1.89. The first-order chi connectivity index (χ1) is 8.13. The fourth-order valence-electron chi connectivity index (χ4n) is 1.50. The molecule has 0 aromatic heterocycles. The van der Waals surface area contributed by atoms with Gasteiger partial charge in [-0.1, -0.05) is 41.4 Å². The third kappa shape index (κ3) is 2.26. The summed E-state index contributed by atoms with van der Waals surface area (Å²) < 4.78 is 13.9. The highest BCUT2D eigenvalue weighted by molar-refractivity contribution is 6.42. The van der Waals surface area contributed by atoms with Crippen LogP contribution in [0, 0.1) is 17.1 Å². The van der Waals surface area contributed by atoms with E-state index in [4.69, 9.17) is 28.5 Å². The molecule has 0 fully saturated rings. The molecule has 0 saturated heterocycles. The summed E-state index contributed by atoms with van der Waals surface area (Å²) in [5.74, 6) is -0.548. The van der Waals surface area contributed by atoms with Gasteiger partial charge in [-0.25, -0.2) is 4.39 Å². The highest BCUT2D eigenvalue weighted by Gasteiger charge is 2.10. The van der Waals surface area contributed by atoms with Gasteiger partial charge < -0.3 is 0 Å². The molecule has 17 heavy (non-hydrogen) atoms. The summed E-state index contributed by atoms with van der Waals surface area (Å²) in [4.78, 5) is 0. The summed E-state index contributed by atoms with van der Waals surface area (Å²) in [5, 5.41) is 9.51. The Morgan fingerprint density at radius 1 is 1.06 bits per heavy atom. The largest absolute Gasteiger partial charge is 0.205 e. The van der Waals surface area contributed by atoms with Crippen molar-refractivity contribution in [3.63, 3.8) is 0 Å². The van der Waals surface area contributed by atoms with Crippen molar-refractivity contribution in [2.24, 2.45) is 0 Å². The predicted molar refractivity (Wildman–Crippen MR) is 66.6 cm³/mol. The van der Waals surface area contributed by atoms with Gasteiger partial charge in [-0.15, -0.1) is 0 Å². The molecule has 0 amide bonds. The van der Waals surface area contributed by atoms with Crippen molar-refractivity contribution in [3.05, 3.63) is 57.8 Å². The molecule has 0 spiro atoms. The van der Waals surface area contributed by atoms with Crippen molar-refractivity contribution in [1.82, 2.24) is 0 Å². The highest BCUT2D eigenvalue weighted by Crippen LogP contribution is 2.30. The quantitative estimate of drug-likeness (QED) is 0.735. The van der Waals surface area contributed by atoms with Gasteiger partial charge in [0.15, 0.2) is 0 Å². The van der Waals surface area contributed by atoms with Crippen molar-refractivity contribution in [3.8, 4) is 17.2 Å². The second-order valence-electron chi connectivity index (χ2n) is 3.41. The molecule has 2 aromatic rings. The molecule has 4 heteroatoms. The molecule has 0 aliphatic heterocycles. The van der Waals surface area contributed by atoms with Crippen LogP contribution in [0.1, 0.15) is 5.56 Å². The summed E-state index contributed by atoms with van der Waals surface area (Å²) in [5.41, 5.74) is 0.935. The second-order valence-corrected chi connectivity index (χ2v) is 4.22. The molecular formula is C13H6Cl2FN. The fraction of sp³-hybridized carbons (Fsp3) is 0. The summed E-state index contributed by atoms with van der Waals surface area (Å²) in [6.45, 7) is 0. The molecule has 2 rings (SSSR count). The molecule has 0 N–H and O–H groups in total. The smallest absolute Gasteiger partial charge is 0.148 e. The Morgan fingerprint density at radius 2 is 1.82 bits per heavy atom. The van der Waals surface area contributed by atoms with E-state index in [0.29, 0.717) is 21.2 Å². The third-order valence-corrected chi connectivity index (χ3v) is 3.09. The van der Waals surface area contributed by atoms with Gasteiger partial charge in [0.05, 0.1) is 15.6 Å². The molecule has 84 valence electrons. The number of nitriles is 1. The van der Waals surface area contributed by atoms with Gasteiger partial charge in [0, 0.05) is 5.56 Å². The van der Waals surface area contributed by atoms with Crippen molar-refractivity contribution in [2.45, 2.75) is 0 Å². The van der Waals surface area contributed by atoms with Crippen LogP contribution in [0.4, 0.5) is 4.39 Å². The number of rotatable bonds is 1. The molecule has 2 aromatic carbocycles. The van der Waals surface area contributed by atoms with E-state index in [2.05, 4.69) is 0 Å². The summed E-state index contributed by atoms with van der Waals surface area (Å²) in [7, 11) is 0. The molecule has 1 nitrogen and oxygen atoms in total. The van der Waals surface area contributed by atoms with Gasteiger partial charge in [-0.3, -0.25) is 0 Å². The number of nitrogens with zero attached hydrogens (tertiary/aromatic N) is 1. The summed E-state index contributed by atoms with van der Waals surface area (Å²) >= 11 is 11.7. The van der Waals surface area contributed by atoms with E-state index < -0.39 is 5.82 Å². The minimum absolute atomic E-state index is 0.00794. The van der Waals surface area contributed by atoms with Crippen LogP contribution in [0.15, 0.2) is 36.4 Å². The van der Waals surface area contributed by atoms with E-state index in [0.717, 1.165) is 0 Å². The Bertz CT molecular complexity index is 617. The molecule has 0 aliphatic carbocycles. The zero-order chi connectivity index (χ0) is 12.4. The molecule has 0 aliphatic rings. The highest BCUT2D eigenvalue weighted by atomic mass is 35.5. The Hall–Kier alpha value is -1.56. The summed E-state index contributed by atoms with van der Waals surface area (Å²) in [6, 6.07) is 11.3. The summed E-state index contributed by atoms with van der Waals surface area (Å²) in [6.07, 6.45) is 0. The topological polar surface area (TPSA) is 23.8 Å². The van der Waals surface area contributed by atoms with Crippen molar-refractivity contribution in [1.29, 1.82) is 5.26 Å². The standard InChI is InChI=1S/C13H6Cl2FN/c14-11-5-4-8(6-12(11)15)10-3-1-2-9(7-17)13(10)16/h1-6H. The van der Waals surface area contributed by atoms with Gasteiger partial charge in [0.25, 0.3) is 0 Å². The molecule has 0 unspecified atom stereocenters. The molecule has 0 bridgehead atoms. The fourth-order valence-corrected chi connectivity index (χ4v) is 1.80. The van der Waals surface area contributed by atoms with Gasteiger partial charge in [-0.05, 0) is 23.8 Å². The van der Waals surface area contributed by atoms with Crippen molar-refractivity contribution in [2.75, 3.05) is 0 Å². The molecule has 0 radical (unpaired) electrons. The Morgan fingerprint density at radius 3 is 2.47 bits per heavy atom. The normalized spacial score (nSPS) is 10.0. The number of halogens is 3. The van der Waals surface area contributed by atoms with Gasteiger partial charge in [0.1, 0.15) is 11.9 Å². The molecule has 0 atom stereocenters. The van der Waals surface area contributed by atoms with E-state index in [1.807, 2.05) is 0 Å². The van der Waals surface area contributed by atoms with Crippen LogP contribution < -0.4 is 0 Å². The van der Waals surface area contributed by atoms with Crippen LogP contribution in [-0.2, 0) is 0 Å². The van der Waals surface area contributed by atoms with Crippen LogP contribution in [0.25, 0.3) is 11.1 Å². The van der Waals surface area contributed by atoms with Gasteiger partial charge >= 0.3 is 0 Å². The zero-order valence-corrected chi connectivity index (χ0v) is 10.1. The third-order valence-electron chi connectivity index (χ3n) is 2.35. The van der Waals surface area contributed by atoms with Crippen LogP contribution >= 0.6 is 23.2 Å². The Labute approximate surface area is 108 Å². The maximum atomic E-state index is 13.9. The van der Waals surface area contributed by atoms with E-state index >= 15 is 0 Å². The first-order valence-corrected chi connectivity index (χ1v) is 5.53. The van der Waals surface area contributed by atoms with Crippen LogP contribution in [0.3, 0.4) is 0 Å². The lowest BCUT2D eigenvalue weighted by atomic mass is 10.0. The molecular weight excluding hydrogens is 260 g/mol.